The van der Waals surface area contributed by atoms with E-state index in [9.17, 15) is 4.79 Å². The highest BCUT2D eigenvalue weighted by Gasteiger charge is 2.21. The first-order chi connectivity index (χ1) is 13.3. The van der Waals surface area contributed by atoms with Crippen LogP contribution in [-0.4, -0.2) is 29.0 Å². The van der Waals surface area contributed by atoms with E-state index >= 15 is 0 Å². The molecule has 6 nitrogen and oxygen atoms in total. The van der Waals surface area contributed by atoms with E-state index < -0.39 is 5.97 Å². The monoisotopic (exact) mass is 361 g/mol. The van der Waals surface area contributed by atoms with Crippen LogP contribution in [0.5, 0.6) is 17.4 Å². The van der Waals surface area contributed by atoms with Gasteiger partial charge in [0.2, 0.25) is 5.88 Å². The summed E-state index contributed by atoms with van der Waals surface area (Å²) in [5.41, 5.74) is 0.480. The summed E-state index contributed by atoms with van der Waals surface area (Å²) < 4.78 is 11.2. The van der Waals surface area contributed by atoms with Crippen LogP contribution in [0.25, 0.3) is 0 Å². The minimum Gasteiger partial charge on any atom is -0.439 e. The summed E-state index contributed by atoms with van der Waals surface area (Å²) in [5.74, 6) is 1.85. The Morgan fingerprint density at radius 2 is 1.59 bits per heavy atom. The van der Waals surface area contributed by atoms with E-state index in [1.165, 1.54) is 0 Å². The zero-order valence-corrected chi connectivity index (χ0v) is 14.7. The van der Waals surface area contributed by atoms with E-state index in [2.05, 4.69) is 14.9 Å². The molecule has 0 amide bonds. The van der Waals surface area contributed by atoms with Crippen molar-refractivity contribution in [2.75, 3.05) is 18.0 Å². The fraction of sp³-hybridized carbons (Fsp3) is 0.190. The van der Waals surface area contributed by atoms with Gasteiger partial charge in [0.1, 0.15) is 22.9 Å². The smallest absolute Gasteiger partial charge is 0.347 e. The number of hydrogen-bond acceptors (Lipinski definition) is 6. The van der Waals surface area contributed by atoms with Crippen LogP contribution in [0.1, 0.15) is 23.2 Å². The molecule has 1 aromatic carbocycles. The second-order valence-electron chi connectivity index (χ2n) is 6.20. The van der Waals surface area contributed by atoms with Gasteiger partial charge < -0.3 is 14.4 Å². The van der Waals surface area contributed by atoms with Crippen LogP contribution < -0.4 is 14.4 Å². The molecular formula is C21H19N3O3. The lowest BCUT2D eigenvalue weighted by Crippen LogP contribution is -2.23. The predicted molar refractivity (Wildman–Crippen MR) is 101 cm³/mol. The zero-order chi connectivity index (χ0) is 18.5. The Morgan fingerprint density at radius 3 is 2.33 bits per heavy atom. The van der Waals surface area contributed by atoms with Crippen molar-refractivity contribution >= 4 is 11.8 Å². The number of esters is 1. The number of hydrogen-bond donors (Lipinski definition) is 0. The van der Waals surface area contributed by atoms with Crippen molar-refractivity contribution in [3.05, 3.63) is 72.6 Å². The van der Waals surface area contributed by atoms with Crippen molar-refractivity contribution in [3.63, 3.8) is 0 Å². The third-order valence-corrected chi connectivity index (χ3v) is 4.31. The lowest BCUT2D eigenvalue weighted by Gasteiger charge is -2.18. The SMILES string of the molecule is O=C(Oc1ccc(Oc2ccccn2)cc1)c1cccnc1N1CCCC1. The highest BCUT2D eigenvalue weighted by molar-refractivity contribution is 5.96. The maximum Gasteiger partial charge on any atom is 0.347 e. The summed E-state index contributed by atoms with van der Waals surface area (Å²) in [6, 6.07) is 15.8. The molecule has 0 atom stereocenters. The van der Waals surface area contributed by atoms with Gasteiger partial charge in [-0.1, -0.05) is 6.07 Å². The van der Waals surface area contributed by atoms with Crippen LogP contribution in [-0.2, 0) is 0 Å². The van der Waals surface area contributed by atoms with E-state index in [0.29, 0.717) is 28.8 Å². The first-order valence-electron chi connectivity index (χ1n) is 8.91. The van der Waals surface area contributed by atoms with Crippen LogP contribution in [0.15, 0.2) is 67.0 Å². The molecule has 3 aromatic rings. The van der Waals surface area contributed by atoms with Gasteiger partial charge in [-0.2, -0.15) is 0 Å². The number of anilines is 1. The molecule has 27 heavy (non-hydrogen) atoms. The highest BCUT2D eigenvalue weighted by Crippen LogP contribution is 2.25. The summed E-state index contributed by atoms with van der Waals surface area (Å²) in [6.07, 6.45) is 5.59. The molecule has 136 valence electrons. The number of rotatable bonds is 5. The number of aromatic nitrogens is 2. The van der Waals surface area contributed by atoms with Crippen LogP contribution in [0.2, 0.25) is 0 Å². The van der Waals surface area contributed by atoms with Crippen molar-refractivity contribution in [1.82, 2.24) is 9.97 Å². The molecule has 4 rings (SSSR count). The second kappa shape index (κ2) is 7.86. The van der Waals surface area contributed by atoms with Crippen LogP contribution >= 0.6 is 0 Å². The van der Waals surface area contributed by atoms with E-state index in [-0.39, 0.29) is 0 Å². The minimum absolute atomic E-state index is 0.414. The molecule has 0 saturated carbocycles. The van der Waals surface area contributed by atoms with Gasteiger partial charge in [0.25, 0.3) is 0 Å². The molecule has 3 heterocycles. The quantitative estimate of drug-likeness (QED) is 0.504. The van der Waals surface area contributed by atoms with Crippen molar-refractivity contribution in [3.8, 4) is 17.4 Å². The Morgan fingerprint density at radius 1 is 0.852 bits per heavy atom. The largest absolute Gasteiger partial charge is 0.439 e. The van der Waals surface area contributed by atoms with Gasteiger partial charge in [-0.25, -0.2) is 14.8 Å². The summed E-state index contributed by atoms with van der Waals surface area (Å²) in [7, 11) is 0. The molecule has 0 bridgehead atoms. The van der Waals surface area contributed by atoms with E-state index in [4.69, 9.17) is 9.47 Å². The Hall–Kier alpha value is -3.41. The minimum atomic E-state index is -0.414. The third-order valence-electron chi connectivity index (χ3n) is 4.31. The Labute approximate surface area is 157 Å². The zero-order valence-electron chi connectivity index (χ0n) is 14.7. The molecule has 0 N–H and O–H groups in total. The van der Waals surface area contributed by atoms with Gasteiger partial charge in [0, 0.05) is 31.5 Å². The average Bonchev–Trinajstić information content (AvgIpc) is 3.25. The van der Waals surface area contributed by atoms with Gasteiger partial charge in [0.15, 0.2) is 0 Å². The van der Waals surface area contributed by atoms with Crippen LogP contribution in [0, 0.1) is 0 Å². The van der Waals surface area contributed by atoms with Crippen LogP contribution in [0.3, 0.4) is 0 Å². The first-order valence-corrected chi connectivity index (χ1v) is 8.91. The summed E-state index contributed by atoms with van der Waals surface area (Å²) in [6.45, 7) is 1.83. The standard InChI is InChI=1S/C21H19N3O3/c25-21(18-6-5-13-23-20(18)24-14-3-4-15-24)27-17-10-8-16(9-11-17)26-19-7-1-2-12-22-19/h1-2,5-13H,3-4,14-15H2. The van der Waals surface area contributed by atoms with Crippen molar-refractivity contribution in [1.29, 1.82) is 0 Å². The molecule has 6 heteroatoms. The molecular weight excluding hydrogens is 342 g/mol. The van der Waals surface area contributed by atoms with Gasteiger partial charge in [-0.3, -0.25) is 0 Å². The lowest BCUT2D eigenvalue weighted by molar-refractivity contribution is 0.0735. The number of ether oxygens (including phenoxy) is 2. The molecule has 1 aliphatic rings. The predicted octanol–water partition coefficient (Wildman–Crippen LogP) is 4.09. The number of nitrogens with zero attached hydrogens (tertiary/aromatic N) is 3. The van der Waals surface area contributed by atoms with Gasteiger partial charge >= 0.3 is 5.97 Å². The van der Waals surface area contributed by atoms with Crippen molar-refractivity contribution in [2.24, 2.45) is 0 Å². The normalized spacial score (nSPS) is 13.4. The molecule has 1 fully saturated rings. The number of carbonyl (C=O) groups is 1. The van der Waals surface area contributed by atoms with Gasteiger partial charge in [0.05, 0.1) is 0 Å². The summed E-state index contributed by atoms with van der Waals surface area (Å²) in [4.78, 5) is 23.3. The maximum absolute atomic E-state index is 12.6. The van der Waals surface area contributed by atoms with E-state index in [0.717, 1.165) is 25.9 Å². The fourth-order valence-electron chi connectivity index (χ4n) is 3.00. The average molecular weight is 361 g/mol. The Balaban J connectivity index is 1.46. The van der Waals surface area contributed by atoms with Crippen LogP contribution in [0.4, 0.5) is 5.82 Å². The molecule has 0 unspecified atom stereocenters. The molecule has 0 aliphatic carbocycles. The van der Waals surface area contributed by atoms with Gasteiger partial charge in [-0.15, -0.1) is 0 Å². The summed E-state index contributed by atoms with van der Waals surface area (Å²) in [5, 5.41) is 0. The molecule has 0 spiro atoms. The molecule has 1 saturated heterocycles. The number of benzene rings is 1. The van der Waals surface area contributed by atoms with Crippen molar-refractivity contribution < 1.29 is 14.3 Å². The number of pyridine rings is 2. The Bertz CT molecular complexity index is 907. The third kappa shape index (κ3) is 4.06. The topological polar surface area (TPSA) is 64.5 Å². The van der Waals surface area contributed by atoms with E-state index in [1.807, 2.05) is 12.1 Å². The molecule has 0 radical (unpaired) electrons. The maximum atomic E-state index is 12.6. The fourth-order valence-corrected chi connectivity index (χ4v) is 3.00. The highest BCUT2D eigenvalue weighted by atomic mass is 16.5. The number of carbonyl (C=O) groups excluding carboxylic acids is 1. The van der Waals surface area contributed by atoms with E-state index in [1.54, 1.807) is 54.9 Å². The first kappa shape index (κ1) is 17.0. The lowest BCUT2D eigenvalue weighted by atomic mass is 10.2. The second-order valence-corrected chi connectivity index (χ2v) is 6.20. The molecule has 2 aromatic heterocycles. The summed E-state index contributed by atoms with van der Waals surface area (Å²) >= 11 is 0. The Kier molecular flexibility index (Phi) is 4.96. The molecule has 1 aliphatic heterocycles. The van der Waals surface area contributed by atoms with Gasteiger partial charge in [-0.05, 0) is 55.3 Å². The van der Waals surface area contributed by atoms with Crippen molar-refractivity contribution in [2.45, 2.75) is 12.8 Å².